The van der Waals surface area contributed by atoms with E-state index in [1.165, 1.54) is 4.90 Å². The Morgan fingerprint density at radius 3 is 2.20 bits per heavy atom. The lowest BCUT2D eigenvalue weighted by atomic mass is 9.58. The number of piperidine rings is 1. The van der Waals surface area contributed by atoms with Crippen LogP contribution in [0.2, 0.25) is 0 Å². The lowest BCUT2D eigenvalue weighted by Gasteiger charge is -2.50. The zero-order chi connectivity index (χ0) is 11.1. The predicted molar refractivity (Wildman–Crippen MR) is 54.8 cm³/mol. The van der Waals surface area contributed by atoms with Crippen LogP contribution in [0.4, 0.5) is 4.79 Å². The molecule has 1 aliphatic carbocycles. The standard InChI is InChI=1S/C10H14ClNO3/c11-8(13)7-5-10(6-7)1-3-12(4-2-10)9(14)15/h7H,1-6H2,(H,14,15). The second-order valence-electron chi connectivity index (χ2n) is 4.68. The van der Waals surface area contributed by atoms with E-state index in [1.807, 2.05) is 0 Å². The van der Waals surface area contributed by atoms with Crippen LogP contribution in [-0.4, -0.2) is 34.4 Å². The van der Waals surface area contributed by atoms with Gasteiger partial charge in [-0.05, 0) is 42.7 Å². The van der Waals surface area contributed by atoms with Crippen molar-refractivity contribution in [2.24, 2.45) is 11.3 Å². The van der Waals surface area contributed by atoms with Crippen molar-refractivity contribution in [3.8, 4) is 0 Å². The number of carbonyl (C=O) groups excluding carboxylic acids is 1. The SMILES string of the molecule is O=C(Cl)C1CC2(CCN(C(=O)O)CC2)C1. The summed E-state index contributed by atoms with van der Waals surface area (Å²) in [4.78, 5) is 23.0. The van der Waals surface area contributed by atoms with E-state index in [0.29, 0.717) is 13.1 Å². The molecule has 1 aliphatic heterocycles. The average Bonchev–Trinajstić information content (AvgIpc) is 2.13. The summed E-state index contributed by atoms with van der Waals surface area (Å²) in [5.74, 6) is 0.0167. The van der Waals surface area contributed by atoms with Gasteiger partial charge in [0, 0.05) is 19.0 Å². The van der Waals surface area contributed by atoms with Crippen molar-refractivity contribution in [1.82, 2.24) is 4.90 Å². The topological polar surface area (TPSA) is 57.6 Å². The number of hydrogen-bond acceptors (Lipinski definition) is 2. The van der Waals surface area contributed by atoms with E-state index in [9.17, 15) is 9.59 Å². The number of carbonyl (C=O) groups is 2. The summed E-state index contributed by atoms with van der Waals surface area (Å²) >= 11 is 5.42. The van der Waals surface area contributed by atoms with E-state index in [1.54, 1.807) is 0 Å². The summed E-state index contributed by atoms with van der Waals surface area (Å²) < 4.78 is 0. The zero-order valence-corrected chi connectivity index (χ0v) is 9.16. The van der Waals surface area contributed by atoms with Gasteiger partial charge in [0.1, 0.15) is 0 Å². The lowest BCUT2D eigenvalue weighted by molar-refractivity contribution is -0.124. The summed E-state index contributed by atoms with van der Waals surface area (Å²) in [5.41, 5.74) is 0.209. The molecule has 0 unspecified atom stereocenters. The fraction of sp³-hybridized carbons (Fsp3) is 0.800. The first kappa shape index (κ1) is 10.7. The first-order valence-corrected chi connectivity index (χ1v) is 5.57. The molecule has 2 rings (SSSR count). The molecule has 0 radical (unpaired) electrons. The van der Waals surface area contributed by atoms with E-state index in [4.69, 9.17) is 16.7 Å². The number of likely N-dealkylation sites (tertiary alicyclic amines) is 1. The third-order valence-corrected chi connectivity index (χ3v) is 4.08. The fourth-order valence-corrected chi connectivity index (χ4v) is 2.88. The molecule has 1 amide bonds. The third-order valence-electron chi connectivity index (χ3n) is 3.77. The van der Waals surface area contributed by atoms with Gasteiger partial charge in [-0.1, -0.05) is 0 Å². The van der Waals surface area contributed by atoms with Crippen LogP contribution in [0.1, 0.15) is 25.7 Å². The molecule has 1 N–H and O–H groups in total. The molecule has 0 aromatic heterocycles. The maximum absolute atomic E-state index is 10.9. The summed E-state index contributed by atoms with van der Waals surface area (Å²) in [6.45, 7) is 1.19. The first-order chi connectivity index (χ1) is 7.02. The quantitative estimate of drug-likeness (QED) is 0.702. The molecule has 84 valence electrons. The van der Waals surface area contributed by atoms with Crippen LogP contribution in [-0.2, 0) is 4.79 Å². The molecule has 1 saturated heterocycles. The number of nitrogens with zero attached hydrogens (tertiary/aromatic N) is 1. The van der Waals surface area contributed by atoms with Crippen LogP contribution in [0.25, 0.3) is 0 Å². The van der Waals surface area contributed by atoms with Gasteiger partial charge in [-0.25, -0.2) is 4.79 Å². The van der Waals surface area contributed by atoms with Crippen molar-refractivity contribution in [3.05, 3.63) is 0 Å². The molecule has 0 atom stereocenters. The van der Waals surface area contributed by atoms with E-state index < -0.39 is 6.09 Å². The highest BCUT2D eigenvalue weighted by Gasteiger charge is 2.48. The number of halogens is 1. The minimum absolute atomic E-state index is 0.0167. The van der Waals surface area contributed by atoms with Crippen molar-refractivity contribution in [1.29, 1.82) is 0 Å². The largest absolute Gasteiger partial charge is 0.465 e. The Hall–Kier alpha value is -0.770. The van der Waals surface area contributed by atoms with Gasteiger partial charge in [0.2, 0.25) is 5.24 Å². The molecule has 2 fully saturated rings. The van der Waals surface area contributed by atoms with Crippen LogP contribution in [0.5, 0.6) is 0 Å². The molecule has 15 heavy (non-hydrogen) atoms. The Bertz CT molecular complexity index is 289. The number of hydrogen-bond donors (Lipinski definition) is 1. The predicted octanol–water partition coefficient (Wildman–Crippen LogP) is 1.92. The molecule has 0 aromatic rings. The van der Waals surface area contributed by atoms with Gasteiger partial charge in [0.15, 0.2) is 0 Å². The molecule has 0 bridgehead atoms. The summed E-state index contributed by atoms with van der Waals surface area (Å²) in [7, 11) is 0. The van der Waals surface area contributed by atoms with Crippen LogP contribution in [0.15, 0.2) is 0 Å². The van der Waals surface area contributed by atoms with Gasteiger partial charge >= 0.3 is 6.09 Å². The van der Waals surface area contributed by atoms with E-state index in [2.05, 4.69) is 0 Å². The minimum Gasteiger partial charge on any atom is -0.465 e. The fourth-order valence-electron chi connectivity index (χ4n) is 2.73. The van der Waals surface area contributed by atoms with Gasteiger partial charge in [0.25, 0.3) is 0 Å². The maximum atomic E-state index is 10.9. The normalized spacial score (nSPS) is 25.0. The Kier molecular flexibility index (Phi) is 2.63. The molecule has 1 saturated carbocycles. The minimum atomic E-state index is -0.839. The van der Waals surface area contributed by atoms with Gasteiger partial charge < -0.3 is 10.0 Å². The molecular formula is C10H14ClNO3. The number of amides is 1. The van der Waals surface area contributed by atoms with Gasteiger partial charge in [-0.3, -0.25) is 4.79 Å². The van der Waals surface area contributed by atoms with Crippen LogP contribution < -0.4 is 0 Å². The van der Waals surface area contributed by atoms with Crippen molar-refractivity contribution >= 4 is 22.9 Å². The second kappa shape index (κ2) is 3.67. The highest BCUT2D eigenvalue weighted by atomic mass is 35.5. The maximum Gasteiger partial charge on any atom is 0.407 e. The molecule has 0 aromatic carbocycles. The number of carboxylic acid groups (broad SMARTS) is 1. The van der Waals surface area contributed by atoms with Crippen LogP contribution >= 0.6 is 11.6 Å². The molecule has 1 heterocycles. The highest BCUT2D eigenvalue weighted by molar-refractivity contribution is 6.64. The third kappa shape index (κ3) is 1.95. The van der Waals surface area contributed by atoms with Crippen molar-refractivity contribution in [3.63, 3.8) is 0 Å². The smallest absolute Gasteiger partial charge is 0.407 e. The van der Waals surface area contributed by atoms with E-state index in [0.717, 1.165) is 25.7 Å². The van der Waals surface area contributed by atoms with Gasteiger partial charge in [-0.2, -0.15) is 0 Å². The van der Waals surface area contributed by atoms with Crippen LogP contribution in [0.3, 0.4) is 0 Å². The van der Waals surface area contributed by atoms with E-state index in [-0.39, 0.29) is 16.6 Å². The van der Waals surface area contributed by atoms with Crippen molar-refractivity contribution < 1.29 is 14.7 Å². The summed E-state index contributed by atoms with van der Waals surface area (Å²) in [6, 6.07) is 0. The monoisotopic (exact) mass is 231 g/mol. The molecule has 4 nitrogen and oxygen atoms in total. The second-order valence-corrected chi connectivity index (χ2v) is 5.05. The van der Waals surface area contributed by atoms with E-state index >= 15 is 0 Å². The van der Waals surface area contributed by atoms with Crippen LogP contribution in [0, 0.1) is 11.3 Å². The van der Waals surface area contributed by atoms with Crippen molar-refractivity contribution in [2.75, 3.05) is 13.1 Å². The van der Waals surface area contributed by atoms with Gasteiger partial charge in [-0.15, -0.1) is 0 Å². The molecule has 5 heteroatoms. The zero-order valence-electron chi connectivity index (χ0n) is 8.41. The molecule has 1 spiro atoms. The van der Waals surface area contributed by atoms with Gasteiger partial charge in [0.05, 0.1) is 0 Å². The lowest BCUT2D eigenvalue weighted by Crippen LogP contribution is -2.49. The Morgan fingerprint density at radius 2 is 1.80 bits per heavy atom. The Labute approximate surface area is 93.2 Å². The Morgan fingerprint density at radius 1 is 1.27 bits per heavy atom. The Balaban J connectivity index is 1.85. The molecule has 2 aliphatic rings. The number of rotatable bonds is 1. The van der Waals surface area contributed by atoms with Crippen molar-refractivity contribution in [2.45, 2.75) is 25.7 Å². The average molecular weight is 232 g/mol. The molecular weight excluding hydrogens is 218 g/mol. The highest BCUT2D eigenvalue weighted by Crippen LogP contribution is 2.53. The first-order valence-electron chi connectivity index (χ1n) is 5.20. The summed E-state index contributed by atoms with van der Waals surface area (Å²) in [5, 5.41) is 8.56. The summed E-state index contributed by atoms with van der Waals surface area (Å²) in [6.07, 6.45) is 2.61.